The van der Waals surface area contributed by atoms with Crippen LogP contribution in [0.1, 0.15) is 31.2 Å². The first-order valence-electron chi connectivity index (χ1n) is 8.88. The lowest BCUT2D eigenvalue weighted by Crippen LogP contribution is -2.50. The minimum absolute atomic E-state index is 0.0163. The van der Waals surface area contributed by atoms with Gasteiger partial charge in [0, 0.05) is 44.2 Å². The molecular formula is C19H22Cl2N2O3. The summed E-state index contributed by atoms with van der Waals surface area (Å²) in [6.07, 6.45) is 5.62. The number of hydrogen-bond donors (Lipinski definition) is 1. The van der Waals surface area contributed by atoms with Gasteiger partial charge in [0.15, 0.2) is 0 Å². The van der Waals surface area contributed by atoms with Crippen molar-refractivity contribution in [1.29, 1.82) is 0 Å². The molecule has 1 aliphatic heterocycles. The number of carbonyl (C=O) groups excluding carboxylic acids is 2. The maximum absolute atomic E-state index is 12.4. The second kappa shape index (κ2) is 8.31. The molecule has 1 aliphatic carbocycles. The Morgan fingerprint density at radius 3 is 2.35 bits per heavy atom. The molecule has 0 aromatic heterocycles. The zero-order valence-corrected chi connectivity index (χ0v) is 16.0. The number of nitrogens with zero attached hydrogens (tertiary/aromatic N) is 2. The van der Waals surface area contributed by atoms with Crippen molar-refractivity contribution in [3.63, 3.8) is 0 Å². The Morgan fingerprint density at radius 1 is 1.04 bits per heavy atom. The topological polar surface area (TPSA) is 60.9 Å². The van der Waals surface area contributed by atoms with Gasteiger partial charge in [0.2, 0.25) is 11.8 Å². The molecular weight excluding hydrogens is 375 g/mol. The van der Waals surface area contributed by atoms with Crippen molar-refractivity contribution in [2.45, 2.75) is 32.1 Å². The Morgan fingerprint density at radius 2 is 1.69 bits per heavy atom. The van der Waals surface area contributed by atoms with E-state index in [1.54, 1.807) is 11.0 Å². The van der Waals surface area contributed by atoms with E-state index in [2.05, 4.69) is 0 Å². The van der Waals surface area contributed by atoms with Crippen LogP contribution in [0.15, 0.2) is 23.8 Å². The summed E-state index contributed by atoms with van der Waals surface area (Å²) in [4.78, 5) is 28.4. The third kappa shape index (κ3) is 4.33. The molecule has 2 aliphatic rings. The fourth-order valence-corrected chi connectivity index (χ4v) is 3.75. The molecule has 2 amide bonds. The number of phenols is 1. The third-order valence-electron chi connectivity index (χ3n) is 4.97. The highest BCUT2D eigenvalue weighted by molar-refractivity contribution is 6.42. The monoisotopic (exact) mass is 396 g/mol. The molecule has 0 atom stereocenters. The van der Waals surface area contributed by atoms with Gasteiger partial charge in [-0.15, -0.1) is 0 Å². The molecule has 1 aromatic rings. The number of allylic oxidation sites excluding steroid dienone is 1. The number of amides is 2. The Hall–Kier alpha value is -1.72. The molecule has 1 fully saturated rings. The Bertz CT molecular complexity index is 741. The van der Waals surface area contributed by atoms with Gasteiger partial charge in [-0.05, 0) is 37.3 Å². The number of carbonyl (C=O) groups is 2. The van der Waals surface area contributed by atoms with Crippen molar-refractivity contribution in [2.75, 3.05) is 26.2 Å². The van der Waals surface area contributed by atoms with E-state index in [4.69, 9.17) is 23.2 Å². The number of benzene rings is 1. The second-order valence-electron chi connectivity index (χ2n) is 6.69. The minimum Gasteiger partial charge on any atom is -0.508 e. The highest BCUT2D eigenvalue weighted by Crippen LogP contribution is 2.30. The average Bonchev–Trinajstić information content (AvgIpc) is 3.17. The molecule has 0 bridgehead atoms. The number of hydrogen-bond acceptors (Lipinski definition) is 3. The van der Waals surface area contributed by atoms with Crippen molar-refractivity contribution < 1.29 is 14.7 Å². The summed E-state index contributed by atoms with van der Waals surface area (Å²) in [6.45, 7) is 2.23. The van der Waals surface area contributed by atoms with E-state index in [0.29, 0.717) is 43.2 Å². The number of rotatable bonds is 4. The Labute approximate surface area is 163 Å². The molecule has 140 valence electrons. The quantitative estimate of drug-likeness (QED) is 0.847. The van der Waals surface area contributed by atoms with E-state index < -0.39 is 0 Å². The summed E-state index contributed by atoms with van der Waals surface area (Å²) in [5.74, 6) is 0.186. The van der Waals surface area contributed by atoms with Crippen LogP contribution in [0.3, 0.4) is 0 Å². The standard InChI is InChI=1S/C19H22Cl2N2O3/c20-15-11-14(17(24)12-16(15)21)5-6-18(25)22-7-9-23(10-8-22)19(26)13-3-1-2-4-13/h3,11-12,24H,1-2,4-10H2. The van der Waals surface area contributed by atoms with Crippen LogP contribution in [0.5, 0.6) is 5.75 Å². The maximum atomic E-state index is 12.4. The summed E-state index contributed by atoms with van der Waals surface area (Å²) < 4.78 is 0. The lowest BCUT2D eigenvalue weighted by Gasteiger charge is -2.35. The fourth-order valence-electron chi connectivity index (χ4n) is 3.40. The smallest absolute Gasteiger partial charge is 0.249 e. The van der Waals surface area contributed by atoms with E-state index in [1.165, 1.54) is 6.07 Å². The van der Waals surface area contributed by atoms with Gasteiger partial charge in [0.25, 0.3) is 0 Å². The molecule has 1 aromatic carbocycles. The van der Waals surface area contributed by atoms with Gasteiger partial charge < -0.3 is 14.9 Å². The highest BCUT2D eigenvalue weighted by atomic mass is 35.5. The molecule has 1 saturated heterocycles. The second-order valence-corrected chi connectivity index (χ2v) is 7.50. The first-order valence-corrected chi connectivity index (χ1v) is 9.64. The zero-order chi connectivity index (χ0) is 18.7. The molecule has 0 unspecified atom stereocenters. The van der Waals surface area contributed by atoms with E-state index in [9.17, 15) is 14.7 Å². The SMILES string of the molecule is O=C(CCc1cc(Cl)c(Cl)cc1O)N1CCN(C(=O)C2=CCCC2)CC1. The molecule has 0 saturated carbocycles. The van der Waals surface area contributed by atoms with Gasteiger partial charge in [-0.25, -0.2) is 0 Å². The fraction of sp³-hybridized carbons (Fsp3) is 0.474. The molecule has 3 rings (SSSR count). The highest BCUT2D eigenvalue weighted by Gasteiger charge is 2.26. The van der Waals surface area contributed by atoms with Crippen LogP contribution >= 0.6 is 23.2 Å². The van der Waals surface area contributed by atoms with Gasteiger partial charge in [-0.1, -0.05) is 29.3 Å². The Kier molecular flexibility index (Phi) is 6.09. The van der Waals surface area contributed by atoms with Crippen molar-refractivity contribution >= 4 is 35.0 Å². The van der Waals surface area contributed by atoms with Crippen molar-refractivity contribution in [1.82, 2.24) is 9.80 Å². The van der Waals surface area contributed by atoms with Crippen molar-refractivity contribution in [3.8, 4) is 5.75 Å². The van der Waals surface area contributed by atoms with Crippen LogP contribution in [0.2, 0.25) is 10.0 Å². The van der Waals surface area contributed by atoms with E-state index >= 15 is 0 Å². The van der Waals surface area contributed by atoms with Crippen LogP contribution in [-0.4, -0.2) is 52.9 Å². The molecule has 26 heavy (non-hydrogen) atoms. The van der Waals surface area contributed by atoms with Crippen LogP contribution in [-0.2, 0) is 16.0 Å². The summed E-state index contributed by atoms with van der Waals surface area (Å²) in [5, 5.41) is 10.6. The third-order valence-corrected chi connectivity index (χ3v) is 5.69. The van der Waals surface area contributed by atoms with Crippen LogP contribution in [0.4, 0.5) is 0 Å². The molecule has 5 nitrogen and oxygen atoms in total. The largest absolute Gasteiger partial charge is 0.508 e. The molecule has 1 heterocycles. The average molecular weight is 397 g/mol. The summed E-state index contributed by atoms with van der Waals surface area (Å²) >= 11 is 11.8. The number of aromatic hydroxyl groups is 1. The van der Waals surface area contributed by atoms with Crippen molar-refractivity contribution in [2.24, 2.45) is 0 Å². The summed E-state index contributed by atoms with van der Waals surface area (Å²) in [6, 6.07) is 2.99. The number of phenolic OH excluding ortho intramolecular Hbond substituents is 1. The summed E-state index contributed by atoms with van der Waals surface area (Å²) in [7, 11) is 0. The predicted molar refractivity (Wildman–Crippen MR) is 102 cm³/mol. The van der Waals surface area contributed by atoms with E-state index in [1.807, 2.05) is 11.0 Å². The van der Waals surface area contributed by atoms with Crippen molar-refractivity contribution in [3.05, 3.63) is 39.4 Å². The molecule has 0 spiro atoms. The van der Waals surface area contributed by atoms with Crippen LogP contribution in [0.25, 0.3) is 0 Å². The number of aryl methyl sites for hydroxylation is 1. The Balaban J connectivity index is 1.49. The van der Waals surface area contributed by atoms with Crippen LogP contribution < -0.4 is 0 Å². The molecule has 7 heteroatoms. The molecule has 0 radical (unpaired) electrons. The van der Waals surface area contributed by atoms with E-state index in [0.717, 1.165) is 24.8 Å². The molecule has 1 N–H and O–H groups in total. The normalized spacial score (nSPS) is 17.4. The van der Waals surface area contributed by atoms with E-state index in [-0.39, 0.29) is 29.0 Å². The van der Waals surface area contributed by atoms with Gasteiger partial charge in [0.1, 0.15) is 5.75 Å². The first kappa shape index (κ1) is 19.1. The lowest BCUT2D eigenvalue weighted by molar-refractivity contribution is -0.137. The van der Waals surface area contributed by atoms with Gasteiger partial charge in [-0.3, -0.25) is 9.59 Å². The minimum atomic E-state index is 0.0163. The number of piperazine rings is 1. The predicted octanol–water partition coefficient (Wildman–Crippen LogP) is 3.41. The zero-order valence-electron chi connectivity index (χ0n) is 14.5. The van der Waals surface area contributed by atoms with Gasteiger partial charge >= 0.3 is 0 Å². The van der Waals surface area contributed by atoms with Gasteiger partial charge in [-0.2, -0.15) is 0 Å². The van der Waals surface area contributed by atoms with Gasteiger partial charge in [0.05, 0.1) is 10.0 Å². The lowest BCUT2D eigenvalue weighted by atomic mass is 10.1. The first-order chi connectivity index (χ1) is 12.5. The number of halogens is 2. The maximum Gasteiger partial charge on any atom is 0.249 e. The van der Waals surface area contributed by atoms with Crippen LogP contribution in [0, 0.1) is 0 Å². The summed E-state index contributed by atoms with van der Waals surface area (Å²) in [5.41, 5.74) is 1.52.